The van der Waals surface area contributed by atoms with Gasteiger partial charge in [0.1, 0.15) is 73.2 Å². The average molecular weight is 1460 g/mol. The van der Waals surface area contributed by atoms with Crippen molar-refractivity contribution >= 4 is 5.91 Å². The summed E-state index contributed by atoms with van der Waals surface area (Å²) >= 11 is 0. The number of hydrogen-bond donors (Lipinski definition) is 12. The molecule has 17 unspecified atom stereocenters. The van der Waals surface area contributed by atoms with Crippen LogP contribution in [0.5, 0.6) is 0 Å². The number of carbonyl (C=O) groups is 1. The molecule has 19 heteroatoms. The van der Waals surface area contributed by atoms with Crippen LogP contribution >= 0.6 is 0 Å². The minimum Gasteiger partial charge on any atom is -0.394 e. The molecule has 0 aromatic rings. The van der Waals surface area contributed by atoms with Crippen molar-refractivity contribution in [2.75, 3.05) is 26.4 Å². The number of rotatable bonds is 65. The molecule has 12 N–H and O–H groups in total. The van der Waals surface area contributed by atoms with Gasteiger partial charge in [0.15, 0.2) is 18.9 Å². The average Bonchev–Trinajstić information content (AvgIpc) is 0.781. The molecular formula is C84H149NO18. The predicted molar refractivity (Wildman–Crippen MR) is 411 cm³/mol. The number of aliphatic hydroxyl groups excluding tert-OH is 11. The monoisotopic (exact) mass is 1460 g/mol. The second-order valence-electron chi connectivity index (χ2n) is 29.2. The number of amides is 1. The van der Waals surface area contributed by atoms with Crippen LogP contribution in [0.25, 0.3) is 0 Å². The van der Waals surface area contributed by atoms with Gasteiger partial charge in [0.2, 0.25) is 5.91 Å². The number of carbonyl (C=O) groups excluding carboxylic acids is 1. The van der Waals surface area contributed by atoms with Crippen molar-refractivity contribution in [2.45, 2.75) is 413 Å². The van der Waals surface area contributed by atoms with Crippen LogP contribution in [-0.4, -0.2) is 193 Å². The van der Waals surface area contributed by atoms with Gasteiger partial charge in [-0.25, -0.2) is 0 Å². The molecule has 3 aliphatic heterocycles. The molecule has 0 radical (unpaired) electrons. The molecule has 0 aromatic heterocycles. The molecule has 3 aliphatic rings. The minimum absolute atomic E-state index is 0.232. The van der Waals surface area contributed by atoms with E-state index in [2.05, 4.69) is 92.1 Å². The lowest BCUT2D eigenvalue weighted by molar-refractivity contribution is -0.379. The van der Waals surface area contributed by atoms with Crippen molar-refractivity contribution in [1.29, 1.82) is 0 Å². The van der Waals surface area contributed by atoms with Crippen LogP contribution in [0.15, 0.2) is 85.1 Å². The highest BCUT2D eigenvalue weighted by Gasteiger charge is 2.54. The van der Waals surface area contributed by atoms with E-state index in [0.29, 0.717) is 12.8 Å². The fourth-order valence-electron chi connectivity index (χ4n) is 13.6. The first-order chi connectivity index (χ1) is 50.3. The number of hydrogen-bond acceptors (Lipinski definition) is 18. The molecular weight excluding hydrogens is 1310 g/mol. The molecule has 17 atom stereocenters. The second kappa shape index (κ2) is 63.9. The third-order valence-electron chi connectivity index (χ3n) is 20.2. The fourth-order valence-corrected chi connectivity index (χ4v) is 13.6. The lowest BCUT2D eigenvalue weighted by Gasteiger charge is -2.48. The largest absolute Gasteiger partial charge is 0.394 e. The van der Waals surface area contributed by atoms with Crippen LogP contribution in [-0.2, 0) is 33.2 Å². The molecule has 3 fully saturated rings. The Bertz CT molecular complexity index is 2190. The zero-order valence-electron chi connectivity index (χ0n) is 64.0. The molecule has 0 aromatic carbocycles. The molecule has 598 valence electrons. The Balaban J connectivity index is 1.35. The van der Waals surface area contributed by atoms with Crippen molar-refractivity contribution in [1.82, 2.24) is 5.32 Å². The van der Waals surface area contributed by atoms with E-state index in [-0.39, 0.29) is 18.9 Å². The first-order valence-electron chi connectivity index (χ1n) is 41.3. The summed E-state index contributed by atoms with van der Waals surface area (Å²) in [4.78, 5) is 13.5. The Labute approximate surface area is 622 Å². The van der Waals surface area contributed by atoms with E-state index in [4.69, 9.17) is 28.4 Å². The van der Waals surface area contributed by atoms with Crippen LogP contribution in [0.4, 0.5) is 0 Å². The standard InChI is InChI=1S/C84H149NO18/c1-3-5-7-9-11-13-15-17-19-21-23-25-27-28-29-30-31-32-33-34-35-36-37-38-40-42-44-46-48-50-52-54-56-58-60-62-72(90)85-67(68(89)61-59-57-55-53-51-49-47-45-43-41-39-26-24-22-20-18-16-14-12-10-8-6-4-2)66-98-82-78(96)75(93)80(70(64-87)100-82)103-84-79(97)76(94)81(71(65-88)101-84)102-83-77(95)74(92)73(91)69(63-86)99-83/h5,7,11,13,17,19,23,25,43,45,51,53,59,61,67-71,73-84,86-89,91-97H,3-4,6,8-10,12,14-16,18,20-22,24,26-42,44,46-50,52,54-58,60,62-66H2,1-2H3,(H,85,90)/b7-5-,13-11-,19-17-,25-23-,45-43+,53-51+,61-59+. The summed E-state index contributed by atoms with van der Waals surface area (Å²) in [6.07, 6.45) is 58.7. The van der Waals surface area contributed by atoms with Crippen molar-refractivity contribution in [2.24, 2.45) is 0 Å². The molecule has 19 nitrogen and oxygen atoms in total. The van der Waals surface area contributed by atoms with Crippen LogP contribution in [0.1, 0.15) is 309 Å². The molecule has 0 bridgehead atoms. The lowest BCUT2D eigenvalue weighted by atomic mass is 9.96. The van der Waals surface area contributed by atoms with Crippen molar-refractivity contribution in [3.63, 3.8) is 0 Å². The van der Waals surface area contributed by atoms with Crippen LogP contribution < -0.4 is 5.32 Å². The summed E-state index contributed by atoms with van der Waals surface area (Å²) < 4.78 is 34.4. The Morgan fingerprint density at radius 1 is 0.359 bits per heavy atom. The minimum atomic E-state index is -1.99. The van der Waals surface area contributed by atoms with Crippen molar-refractivity contribution < 1.29 is 89.4 Å². The molecule has 3 saturated heterocycles. The molecule has 103 heavy (non-hydrogen) atoms. The van der Waals surface area contributed by atoms with E-state index in [1.165, 1.54) is 205 Å². The molecule has 0 spiro atoms. The maximum atomic E-state index is 13.5. The summed E-state index contributed by atoms with van der Waals surface area (Å²) in [5.41, 5.74) is 0. The number of allylic oxidation sites excluding steroid dienone is 13. The summed E-state index contributed by atoms with van der Waals surface area (Å²) in [6, 6.07) is -1.000. The van der Waals surface area contributed by atoms with Gasteiger partial charge in [-0.05, 0) is 83.5 Å². The van der Waals surface area contributed by atoms with Crippen molar-refractivity contribution in [3.05, 3.63) is 85.1 Å². The summed E-state index contributed by atoms with van der Waals surface area (Å²) in [7, 11) is 0. The van der Waals surface area contributed by atoms with E-state index >= 15 is 0 Å². The normalized spacial score (nSPS) is 26.5. The van der Waals surface area contributed by atoms with E-state index in [1.54, 1.807) is 6.08 Å². The van der Waals surface area contributed by atoms with Gasteiger partial charge in [-0.2, -0.15) is 0 Å². The smallest absolute Gasteiger partial charge is 0.220 e. The Hall–Kier alpha value is -3.03. The van der Waals surface area contributed by atoms with Gasteiger partial charge in [0, 0.05) is 6.42 Å². The van der Waals surface area contributed by atoms with Gasteiger partial charge < -0.3 is 89.9 Å². The van der Waals surface area contributed by atoms with E-state index in [9.17, 15) is 61.0 Å². The quantitative estimate of drug-likeness (QED) is 0.0199. The summed E-state index contributed by atoms with van der Waals surface area (Å²) in [5, 5.41) is 121. The van der Waals surface area contributed by atoms with Gasteiger partial charge >= 0.3 is 0 Å². The number of aliphatic hydroxyl groups is 11. The SMILES string of the molecule is CC/C=C\C/C=C\C/C=C\C/C=C\CCCCCCCCCCCCCCCCCCCCCCCCC(=O)NC(COC1OC(CO)C(OC2OC(CO)C(OC3OC(CO)C(O)C(O)C3O)C(O)C2O)C(O)C1O)C(O)/C=C/CC/C=C/CC/C=C/CCCCCCCCCCCCCCC. The highest BCUT2D eigenvalue weighted by Crippen LogP contribution is 2.33. The van der Waals surface area contributed by atoms with Gasteiger partial charge in [-0.3, -0.25) is 4.79 Å². The topological polar surface area (TPSA) is 307 Å². The Morgan fingerprint density at radius 2 is 0.680 bits per heavy atom. The van der Waals surface area contributed by atoms with E-state index < -0.39 is 124 Å². The second-order valence-corrected chi connectivity index (χ2v) is 29.2. The highest BCUT2D eigenvalue weighted by atomic mass is 16.8. The molecule has 0 saturated carbocycles. The van der Waals surface area contributed by atoms with E-state index in [0.717, 1.165) is 70.6 Å². The third kappa shape index (κ3) is 43.7. The Kier molecular flexibility index (Phi) is 58.4. The maximum Gasteiger partial charge on any atom is 0.220 e. The van der Waals surface area contributed by atoms with Gasteiger partial charge in [-0.1, -0.05) is 304 Å². The first-order valence-corrected chi connectivity index (χ1v) is 41.3. The Morgan fingerprint density at radius 3 is 1.09 bits per heavy atom. The van der Waals surface area contributed by atoms with Crippen LogP contribution in [0.2, 0.25) is 0 Å². The predicted octanol–water partition coefficient (Wildman–Crippen LogP) is 14.2. The van der Waals surface area contributed by atoms with E-state index in [1.807, 2.05) is 6.08 Å². The van der Waals surface area contributed by atoms with Gasteiger partial charge in [0.25, 0.3) is 0 Å². The molecule has 3 heterocycles. The van der Waals surface area contributed by atoms with Crippen molar-refractivity contribution in [3.8, 4) is 0 Å². The molecule has 1 amide bonds. The fraction of sp³-hybridized carbons (Fsp3) is 0.821. The van der Waals surface area contributed by atoms with Crippen LogP contribution in [0.3, 0.4) is 0 Å². The van der Waals surface area contributed by atoms with Crippen LogP contribution in [0, 0.1) is 0 Å². The summed E-state index contributed by atoms with van der Waals surface area (Å²) in [5.74, 6) is -0.286. The highest BCUT2D eigenvalue weighted by molar-refractivity contribution is 5.76. The summed E-state index contributed by atoms with van der Waals surface area (Å²) in [6.45, 7) is 1.63. The third-order valence-corrected chi connectivity index (χ3v) is 20.2. The molecule has 0 aliphatic carbocycles. The van der Waals surface area contributed by atoms with Gasteiger partial charge in [-0.15, -0.1) is 0 Å². The number of unbranched alkanes of at least 4 members (excludes halogenated alkanes) is 37. The number of ether oxygens (including phenoxy) is 6. The van der Waals surface area contributed by atoms with Gasteiger partial charge in [0.05, 0.1) is 38.6 Å². The zero-order valence-corrected chi connectivity index (χ0v) is 64.0. The zero-order chi connectivity index (χ0) is 74.6. The first kappa shape index (κ1) is 94.2. The lowest BCUT2D eigenvalue weighted by Crippen LogP contribution is -2.66. The number of nitrogens with one attached hydrogen (secondary N) is 1. The maximum absolute atomic E-state index is 13.5. The molecule has 3 rings (SSSR count).